The Bertz CT molecular complexity index is 744. The molecule has 0 bridgehead atoms. The van der Waals surface area contributed by atoms with Gasteiger partial charge in [0, 0.05) is 31.4 Å². The molecular formula is C20H32IN5O2. The van der Waals surface area contributed by atoms with Gasteiger partial charge in [0.2, 0.25) is 0 Å². The summed E-state index contributed by atoms with van der Waals surface area (Å²) in [5, 5.41) is 11.1. The number of aryl methyl sites for hydroxylation is 2. The number of halogens is 1. The van der Waals surface area contributed by atoms with E-state index in [1.807, 2.05) is 42.9 Å². The summed E-state index contributed by atoms with van der Waals surface area (Å²) >= 11 is 0. The lowest BCUT2D eigenvalue weighted by atomic mass is 10.2. The maximum Gasteiger partial charge on any atom is 0.191 e. The van der Waals surface area contributed by atoms with Crippen LogP contribution < -0.4 is 20.1 Å². The third kappa shape index (κ3) is 7.21. The van der Waals surface area contributed by atoms with Crippen LogP contribution in [0.5, 0.6) is 11.5 Å². The van der Waals surface area contributed by atoms with Crippen LogP contribution in [0.3, 0.4) is 0 Å². The van der Waals surface area contributed by atoms with Crippen molar-refractivity contribution >= 4 is 29.9 Å². The summed E-state index contributed by atoms with van der Waals surface area (Å²) in [6.07, 6.45) is 0.876. The first-order chi connectivity index (χ1) is 13.0. The SMILES string of the molecule is CCNC(=NCc1c(C)nn(C)c1C)NCCCOc1ccc(OC)cc1.I. The molecule has 0 amide bonds. The summed E-state index contributed by atoms with van der Waals surface area (Å²) in [5.74, 6) is 2.48. The lowest BCUT2D eigenvalue weighted by molar-refractivity contribution is 0.310. The maximum absolute atomic E-state index is 5.74. The van der Waals surface area contributed by atoms with E-state index in [4.69, 9.17) is 9.47 Å². The fraction of sp³-hybridized carbons (Fsp3) is 0.500. The molecule has 0 saturated heterocycles. The van der Waals surface area contributed by atoms with E-state index in [0.717, 1.165) is 48.4 Å². The van der Waals surface area contributed by atoms with Crippen LogP contribution in [0, 0.1) is 13.8 Å². The van der Waals surface area contributed by atoms with Gasteiger partial charge < -0.3 is 20.1 Å². The smallest absolute Gasteiger partial charge is 0.191 e. The van der Waals surface area contributed by atoms with Gasteiger partial charge in [0.15, 0.2) is 5.96 Å². The molecule has 0 aliphatic carbocycles. The number of nitrogens with one attached hydrogen (secondary N) is 2. The first-order valence-corrected chi connectivity index (χ1v) is 9.33. The predicted octanol–water partition coefficient (Wildman–Crippen LogP) is 3.19. The minimum atomic E-state index is 0. The van der Waals surface area contributed by atoms with E-state index in [1.165, 1.54) is 5.56 Å². The molecule has 28 heavy (non-hydrogen) atoms. The molecule has 0 unspecified atom stereocenters. The molecule has 156 valence electrons. The van der Waals surface area contributed by atoms with Crippen LogP contribution in [0.25, 0.3) is 0 Å². The van der Waals surface area contributed by atoms with Crippen molar-refractivity contribution in [2.45, 2.75) is 33.7 Å². The van der Waals surface area contributed by atoms with Crippen molar-refractivity contribution in [3.05, 3.63) is 41.2 Å². The van der Waals surface area contributed by atoms with Crippen LogP contribution >= 0.6 is 24.0 Å². The van der Waals surface area contributed by atoms with Crippen LogP contribution in [0.2, 0.25) is 0 Å². The van der Waals surface area contributed by atoms with Crippen molar-refractivity contribution in [3.8, 4) is 11.5 Å². The quantitative estimate of drug-likeness (QED) is 0.239. The van der Waals surface area contributed by atoms with Crippen LogP contribution in [0.4, 0.5) is 0 Å². The number of hydrogen-bond donors (Lipinski definition) is 2. The fourth-order valence-corrected chi connectivity index (χ4v) is 2.69. The van der Waals surface area contributed by atoms with Crippen molar-refractivity contribution in [2.75, 3.05) is 26.8 Å². The van der Waals surface area contributed by atoms with Crippen molar-refractivity contribution in [1.82, 2.24) is 20.4 Å². The summed E-state index contributed by atoms with van der Waals surface area (Å²) in [4.78, 5) is 4.68. The predicted molar refractivity (Wildman–Crippen MR) is 124 cm³/mol. The van der Waals surface area contributed by atoms with Gasteiger partial charge in [0.05, 0.1) is 26.0 Å². The van der Waals surface area contributed by atoms with Crippen molar-refractivity contribution < 1.29 is 9.47 Å². The summed E-state index contributed by atoms with van der Waals surface area (Å²) in [6, 6.07) is 7.62. The van der Waals surface area contributed by atoms with E-state index in [1.54, 1.807) is 7.11 Å². The standard InChI is InChI=1S/C20H31N5O2.HI/c1-6-21-20(23-14-19-15(2)24-25(4)16(19)3)22-12-7-13-27-18-10-8-17(26-5)9-11-18;/h8-11H,6-7,12-14H2,1-5H3,(H2,21,22,23);1H. The lowest BCUT2D eigenvalue weighted by Crippen LogP contribution is -2.38. The van der Waals surface area contributed by atoms with E-state index in [2.05, 4.69) is 34.6 Å². The molecule has 0 radical (unpaired) electrons. The Kier molecular flexibility index (Phi) is 10.7. The number of hydrogen-bond acceptors (Lipinski definition) is 4. The Hall–Kier alpha value is -1.97. The molecule has 0 fully saturated rings. The first-order valence-electron chi connectivity index (χ1n) is 9.33. The number of benzene rings is 1. The molecule has 1 heterocycles. The molecule has 0 aliphatic heterocycles. The molecule has 0 aliphatic rings. The van der Waals surface area contributed by atoms with Gasteiger partial charge in [-0.15, -0.1) is 24.0 Å². The second-order valence-electron chi connectivity index (χ2n) is 6.27. The molecule has 7 nitrogen and oxygen atoms in total. The van der Waals surface area contributed by atoms with Gasteiger partial charge in [0.25, 0.3) is 0 Å². The minimum absolute atomic E-state index is 0. The Labute approximate surface area is 184 Å². The molecule has 2 aromatic rings. The van der Waals surface area contributed by atoms with E-state index < -0.39 is 0 Å². The fourth-order valence-electron chi connectivity index (χ4n) is 2.69. The van der Waals surface area contributed by atoms with Crippen molar-refractivity contribution in [1.29, 1.82) is 0 Å². The highest BCUT2D eigenvalue weighted by atomic mass is 127. The first kappa shape index (κ1) is 24.1. The number of nitrogens with zero attached hydrogens (tertiary/aromatic N) is 3. The van der Waals surface area contributed by atoms with Gasteiger partial charge in [-0.3, -0.25) is 4.68 Å². The number of ether oxygens (including phenoxy) is 2. The van der Waals surface area contributed by atoms with Gasteiger partial charge in [0.1, 0.15) is 11.5 Å². The zero-order valence-corrected chi connectivity index (χ0v) is 19.7. The highest BCUT2D eigenvalue weighted by Crippen LogP contribution is 2.17. The van der Waals surface area contributed by atoms with Gasteiger partial charge in [-0.25, -0.2) is 4.99 Å². The minimum Gasteiger partial charge on any atom is -0.497 e. The summed E-state index contributed by atoms with van der Waals surface area (Å²) in [5.41, 5.74) is 3.36. The Morgan fingerprint density at radius 3 is 2.39 bits per heavy atom. The zero-order valence-electron chi connectivity index (χ0n) is 17.4. The largest absolute Gasteiger partial charge is 0.497 e. The third-order valence-corrected chi connectivity index (χ3v) is 4.34. The Balaban J connectivity index is 0.00000392. The number of aromatic nitrogens is 2. The molecule has 0 atom stereocenters. The summed E-state index contributed by atoms with van der Waals surface area (Å²) in [6.45, 7) is 9.01. The normalized spacial score (nSPS) is 11.0. The number of guanidine groups is 1. The highest BCUT2D eigenvalue weighted by Gasteiger charge is 2.08. The van der Waals surface area contributed by atoms with E-state index in [-0.39, 0.29) is 24.0 Å². The van der Waals surface area contributed by atoms with Gasteiger partial charge >= 0.3 is 0 Å². The summed E-state index contributed by atoms with van der Waals surface area (Å²) < 4.78 is 12.8. The molecule has 1 aromatic heterocycles. The number of aliphatic imine (C=N–C) groups is 1. The molecule has 0 saturated carbocycles. The zero-order chi connectivity index (χ0) is 19.6. The highest BCUT2D eigenvalue weighted by molar-refractivity contribution is 14.0. The third-order valence-electron chi connectivity index (χ3n) is 4.34. The molecule has 2 N–H and O–H groups in total. The van der Waals surface area contributed by atoms with Gasteiger partial charge in [-0.05, 0) is 51.5 Å². The van der Waals surface area contributed by atoms with Crippen LogP contribution in [0.15, 0.2) is 29.3 Å². The molecule has 8 heteroatoms. The molecule has 1 aromatic carbocycles. The lowest BCUT2D eigenvalue weighted by Gasteiger charge is -2.12. The van der Waals surface area contributed by atoms with E-state index in [0.29, 0.717) is 13.2 Å². The van der Waals surface area contributed by atoms with Crippen LogP contribution in [-0.2, 0) is 13.6 Å². The average molecular weight is 501 g/mol. The molecular weight excluding hydrogens is 469 g/mol. The monoisotopic (exact) mass is 501 g/mol. The topological polar surface area (TPSA) is 72.7 Å². The van der Waals surface area contributed by atoms with Gasteiger partial charge in [-0.2, -0.15) is 5.10 Å². The molecule has 0 spiro atoms. The Morgan fingerprint density at radius 2 is 1.82 bits per heavy atom. The van der Waals surface area contributed by atoms with Crippen molar-refractivity contribution in [2.24, 2.45) is 12.0 Å². The average Bonchev–Trinajstić information content (AvgIpc) is 2.91. The number of rotatable bonds is 9. The van der Waals surface area contributed by atoms with Gasteiger partial charge in [-0.1, -0.05) is 0 Å². The second-order valence-corrected chi connectivity index (χ2v) is 6.27. The summed E-state index contributed by atoms with van der Waals surface area (Å²) in [7, 11) is 3.61. The molecule has 2 rings (SSSR count). The van der Waals surface area contributed by atoms with Crippen LogP contribution in [-0.4, -0.2) is 42.5 Å². The number of methoxy groups -OCH3 is 1. The maximum atomic E-state index is 5.74. The van der Waals surface area contributed by atoms with Crippen LogP contribution in [0.1, 0.15) is 30.3 Å². The van der Waals surface area contributed by atoms with E-state index in [9.17, 15) is 0 Å². The van der Waals surface area contributed by atoms with E-state index >= 15 is 0 Å². The second kappa shape index (κ2) is 12.5. The Morgan fingerprint density at radius 1 is 1.14 bits per heavy atom. The van der Waals surface area contributed by atoms with Crippen molar-refractivity contribution in [3.63, 3.8) is 0 Å².